The predicted octanol–water partition coefficient (Wildman–Crippen LogP) is 2.61. The Morgan fingerprint density at radius 3 is 2.95 bits per heavy atom. The fourth-order valence-corrected chi connectivity index (χ4v) is 2.09. The Hall–Kier alpha value is -1.13. The highest BCUT2D eigenvalue weighted by Gasteiger charge is 2.13. The number of methoxy groups -OCH3 is 1. The summed E-state index contributed by atoms with van der Waals surface area (Å²) in [4.78, 5) is 6.74. The minimum atomic E-state index is 0.327. The highest BCUT2D eigenvalue weighted by molar-refractivity contribution is 5.47. The summed E-state index contributed by atoms with van der Waals surface area (Å²) in [7, 11) is 3.83. The van der Waals surface area contributed by atoms with Crippen molar-refractivity contribution in [3.8, 4) is 0 Å². The van der Waals surface area contributed by atoms with Crippen LogP contribution >= 0.6 is 0 Å². The third kappa shape index (κ3) is 5.17. The van der Waals surface area contributed by atoms with Gasteiger partial charge in [-0.05, 0) is 32.4 Å². The summed E-state index contributed by atoms with van der Waals surface area (Å²) in [5, 5.41) is 3.52. The van der Waals surface area contributed by atoms with Crippen molar-refractivity contribution < 1.29 is 4.74 Å². The Labute approximate surface area is 117 Å². The van der Waals surface area contributed by atoms with Gasteiger partial charge in [0.15, 0.2) is 0 Å². The van der Waals surface area contributed by atoms with E-state index in [1.54, 1.807) is 7.11 Å². The second-order valence-corrected chi connectivity index (χ2v) is 4.86. The summed E-state index contributed by atoms with van der Waals surface area (Å²) in [5.74, 6) is 1.06. The molecule has 0 radical (unpaired) electrons. The van der Waals surface area contributed by atoms with E-state index in [0.717, 1.165) is 38.4 Å². The average Bonchev–Trinajstić information content (AvgIpc) is 2.45. The largest absolute Gasteiger partial charge is 0.385 e. The van der Waals surface area contributed by atoms with Gasteiger partial charge in [0, 0.05) is 45.1 Å². The van der Waals surface area contributed by atoms with Gasteiger partial charge in [-0.25, -0.2) is 4.98 Å². The van der Waals surface area contributed by atoms with E-state index in [1.165, 1.54) is 5.56 Å². The Morgan fingerprint density at radius 1 is 1.47 bits per heavy atom. The zero-order chi connectivity index (χ0) is 14.1. The summed E-state index contributed by atoms with van der Waals surface area (Å²) < 4.78 is 5.10. The molecular weight excluding hydrogens is 238 g/mol. The summed E-state index contributed by atoms with van der Waals surface area (Å²) in [6.45, 7) is 7.15. The van der Waals surface area contributed by atoms with E-state index in [4.69, 9.17) is 4.74 Å². The molecule has 1 rings (SSSR count). The number of hydrogen-bond donors (Lipinski definition) is 1. The van der Waals surface area contributed by atoms with Crippen LogP contribution in [-0.2, 0) is 4.74 Å². The lowest BCUT2D eigenvalue weighted by atomic mass is 10.1. The van der Waals surface area contributed by atoms with Gasteiger partial charge in [0.05, 0.1) is 0 Å². The highest BCUT2D eigenvalue weighted by atomic mass is 16.5. The average molecular weight is 265 g/mol. The number of anilines is 1. The second kappa shape index (κ2) is 8.88. The van der Waals surface area contributed by atoms with Crippen molar-refractivity contribution in [3.05, 3.63) is 23.9 Å². The molecule has 4 heteroatoms. The molecule has 1 heterocycles. The number of ether oxygens (including phenoxy) is 1. The van der Waals surface area contributed by atoms with E-state index in [1.807, 2.05) is 12.3 Å². The van der Waals surface area contributed by atoms with Crippen LogP contribution in [0.2, 0.25) is 0 Å². The normalized spacial score (nSPS) is 12.4. The van der Waals surface area contributed by atoms with Crippen LogP contribution in [0.25, 0.3) is 0 Å². The van der Waals surface area contributed by atoms with Crippen LogP contribution in [0.3, 0.4) is 0 Å². The van der Waals surface area contributed by atoms with Gasteiger partial charge in [-0.15, -0.1) is 0 Å². The lowest BCUT2D eigenvalue weighted by Crippen LogP contribution is -2.26. The van der Waals surface area contributed by atoms with Crippen LogP contribution in [0, 0.1) is 0 Å². The Bertz CT molecular complexity index is 357. The molecule has 1 atom stereocenters. The van der Waals surface area contributed by atoms with Crippen molar-refractivity contribution >= 4 is 5.82 Å². The zero-order valence-corrected chi connectivity index (χ0v) is 12.6. The van der Waals surface area contributed by atoms with Crippen molar-refractivity contribution in [2.24, 2.45) is 0 Å². The van der Waals surface area contributed by atoms with E-state index in [9.17, 15) is 0 Å². The summed E-state index contributed by atoms with van der Waals surface area (Å²) in [5.41, 5.74) is 1.26. The molecule has 1 unspecified atom stereocenters. The molecule has 1 N–H and O–H groups in total. The maximum Gasteiger partial charge on any atom is 0.133 e. The topological polar surface area (TPSA) is 37.4 Å². The van der Waals surface area contributed by atoms with Crippen LogP contribution in [0.1, 0.15) is 38.3 Å². The molecule has 0 aliphatic carbocycles. The van der Waals surface area contributed by atoms with Crippen LogP contribution in [0.15, 0.2) is 18.3 Å². The number of rotatable bonds is 9. The molecule has 1 aromatic heterocycles. The fourth-order valence-electron chi connectivity index (χ4n) is 2.09. The molecule has 0 saturated heterocycles. The summed E-state index contributed by atoms with van der Waals surface area (Å²) >= 11 is 0. The van der Waals surface area contributed by atoms with Crippen molar-refractivity contribution in [2.75, 3.05) is 38.8 Å². The van der Waals surface area contributed by atoms with Crippen LogP contribution in [-0.4, -0.2) is 38.8 Å². The first-order valence-corrected chi connectivity index (χ1v) is 7.09. The van der Waals surface area contributed by atoms with Crippen molar-refractivity contribution in [3.63, 3.8) is 0 Å². The van der Waals surface area contributed by atoms with Crippen LogP contribution in [0.5, 0.6) is 0 Å². The lowest BCUT2D eigenvalue weighted by Gasteiger charge is -2.24. The summed E-state index contributed by atoms with van der Waals surface area (Å²) in [6.07, 6.45) is 4.02. The second-order valence-electron chi connectivity index (χ2n) is 4.86. The third-order valence-electron chi connectivity index (χ3n) is 3.19. The number of nitrogens with zero attached hydrogens (tertiary/aromatic N) is 2. The molecule has 0 amide bonds. The summed E-state index contributed by atoms with van der Waals surface area (Å²) in [6, 6.07) is 4.49. The first-order valence-electron chi connectivity index (χ1n) is 7.09. The number of aromatic nitrogens is 1. The third-order valence-corrected chi connectivity index (χ3v) is 3.19. The molecule has 108 valence electrons. The Kier molecular flexibility index (Phi) is 7.45. The molecule has 0 spiro atoms. The first-order chi connectivity index (χ1) is 9.20. The maximum atomic E-state index is 5.10. The van der Waals surface area contributed by atoms with Gasteiger partial charge in [-0.2, -0.15) is 0 Å². The molecular formula is C15H27N3O. The van der Waals surface area contributed by atoms with Crippen molar-refractivity contribution in [1.82, 2.24) is 10.3 Å². The molecule has 19 heavy (non-hydrogen) atoms. The molecule has 0 fully saturated rings. The van der Waals surface area contributed by atoms with Crippen molar-refractivity contribution in [1.29, 1.82) is 0 Å². The van der Waals surface area contributed by atoms with Gasteiger partial charge in [0.25, 0.3) is 0 Å². The zero-order valence-electron chi connectivity index (χ0n) is 12.6. The first kappa shape index (κ1) is 15.9. The van der Waals surface area contributed by atoms with Gasteiger partial charge in [0.1, 0.15) is 5.82 Å². The molecule has 4 nitrogen and oxygen atoms in total. The number of pyridine rings is 1. The smallest absolute Gasteiger partial charge is 0.133 e. The van der Waals surface area contributed by atoms with E-state index in [0.29, 0.717) is 6.04 Å². The van der Waals surface area contributed by atoms with Crippen molar-refractivity contribution in [2.45, 2.75) is 32.7 Å². The molecule has 0 aliphatic heterocycles. The molecule has 0 bridgehead atoms. The van der Waals surface area contributed by atoms with Gasteiger partial charge >= 0.3 is 0 Å². The van der Waals surface area contributed by atoms with Gasteiger partial charge in [-0.1, -0.05) is 13.0 Å². The Balaban J connectivity index is 2.71. The molecule has 0 aromatic carbocycles. The quantitative estimate of drug-likeness (QED) is 0.696. The number of hydrogen-bond acceptors (Lipinski definition) is 4. The predicted molar refractivity (Wildman–Crippen MR) is 80.7 cm³/mol. The SMILES string of the molecule is CCCNC(C)c1cccnc1N(C)CCCOC. The van der Waals surface area contributed by atoms with E-state index < -0.39 is 0 Å². The lowest BCUT2D eigenvalue weighted by molar-refractivity contribution is 0.196. The standard InChI is InChI=1S/C15H27N3O/c1-5-9-16-13(2)14-8-6-10-17-15(14)18(3)11-7-12-19-4/h6,8,10,13,16H,5,7,9,11-12H2,1-4H3. The highest BCUT2D eigenvalue weighted by Crippen LogP contribution is 2.22. The maximum absolute atomic E-state index is 5.10. The Morgan fingerprint density at radius 2 is 2.26 bits per heavy atom. The number of nitrogens with one attached hydrogen (secondary N) is 1. The van der Waals surface area contributed by atoms with Crippen LogP contribution < -0.4 is 10.2 Å². The van der Waals surface area contributed by atoms with Gasteiger partial charge in [-0.3, -0.25) is 0 Å². The fraction of sp³-hybridized carbons (Fsp3) is 0.667. The minimum absolute atomic E-state index is 0.327. The van der Waals surface area contributed by atoms with E-state index in [-0.39, 0.29) is 0 Å². The van der Waals surface area contributed by atoms with Gasteiger partial charge in [0.2, 0.25) is 0 Å². The van der Waals surface area contributed by atoms with E-state index in [2.05, 4.69) is 42.2 Å². The van der Waals surface area contributed by atoms with Gasteiger partial charge < -0.3 is 15.0 Å². The van der Waals surface area contributed by atoms with E-state index >= 15 is 0 Å². The molecule has 0 saturated carbocycles. The molecule has 1 aromatic rings. The van der Waals surface area contributed by atoms with Crippen LogP contribution in [0.4, 0.5) is 5.82 Å². The molecule has 0 aliphatic rings. The monoisotopic (exact) mass is 265 g/mol. The minimum Gasteiger partial charge on any atom is -0.385 e.